The van der Waals surface area contributed by atoms with Crippen LogP contribution < -0.4 is 5.32 Å². The molecule has 0 bridgehead atoms. The summed E-state index contributed by atoms with van der Waals surface area (Å²) < 4.78 is 10.9. The van der Waals surface area contributed by atoms with Gasteiger partial charge in [-0.25, -0.2) is 6.29 Å². The van der Waals surface area contributed by atoms with E-state index >= 15 is 0 Å². The molecule has 3 unspecified atom stereocenters. The summed E-state index contributed by atoms with van der Waals surface area (Å²) in [6, 6.07) is 8.21. The summed E-state index contributed by atoms with van der Waals surface area (Å²) in [7, 11) is 6.99. The normalized spacial score (nSPS) is 14.7. The number of rotatable bonds is 14. The average molecular weight is 658 g/mol. The molecule has 9 heteroatoms. The second-order valence-electron chi connectivity index (χ2n) is 9.41. The van der Waals surface area contributed by atoms with Gasteiger partial charge >= 0.3 is 33.0 Å². The SMILES string of the molecule is [CH2-]N(C)C([C-]=O)(CC)CCC(=O)C(CC(NC)C(=O)OC(C)(C)C)C(=O)OCc1ccccc1.[W+2]. The quantitative estimate of drug-likeness (QED) is 0.185. The van der Waals surface area contributed by atoms with E-state index in [1.54, 1.807) is 47.0 Å². The first kappa shape index (κ1) is 33.1. The summed E-state index contributed by atoms with van der Waals surface area (Å²) in [6.07, 6.45) is 2.35. The van der Waals surface area contributed by atoms with Crippen LogP contribution in [0.1, 0.15) is 58.9 Å². The predicted molar refractivity (Wildman–Crippen MR) is 129 cm³/mol. The molecule has 3 atom stereocenters. The van der Waals surface area contributed by atoms with E-state index in [-0.39, 0.29) is 46.9 Å². The number of esters is 2. The average Bonchev–Trinajstić information content (AvgIpc) is 2.78. The number of ketones is 1. The molecule has 0 saturated heterocycles. The van der Waals surface area contributed by atoms with Crippen molar-refractivity contribution in [3.8, 4) is 0 Å². The van der Waals surface area contributed by atoms with Gasteiger partial charge in [-0.15, -0.1) is 5.54 Å². The summed E-state index contributed by atoms with van der Waals surface area (Å²) in [6.45, 7) is 7.03. The van der Waals surface area contributed by atoms with Crippen molar-refractivity contribution in [2.75, 3.05) is 14.1 Å². The second-order valence-corrected chi connectivity index (χ2v) is 9.41. The molecular weight excluding hydrogens is 620 g/mol. The van der Waals surface area contributed by atoms with Crippen LogP contribution in [0.15, 0.2) is 30.3 Å². The molecule has 1 aromatic rings. The maximum absolute atomic E-state index is 13.2. The van der Waals surface area contributed by atoms with E-state index in [9.17, 15) is 19.2 Å². The monoisotopic (exact) mass is 658 g/mol. The third-order valence-corrected chi connectivity index (χ3v) is 5.70. The van der Waals surface area contributed by atoms with Crippen molar-refractivity contribution in [3.05, 3.63) is 42.9 Å². The fourth-order valence-electron chi connectivity index (χ4n) is 3.47. The van der Waals surface area contributed by atoms with E-state index in [2.05, 4.69) is 12.4 Å². The van der Waals surface area contributed by atoms with E-state index in [1.165, 1.54) is 4.90 Å². The molecule has 0 spiro atoms. The molecule has 0 saturated carbocycles. The third-order valence-electron chi connectivity index (χ3n) is 5.70. The first-order valence-corrected chi connectivity index (χ1v) is 11.5. The maximum atomic E-state index is 13.2. The Morgan fingerprint density at radius 2 is 1.74 bits per heavy atom. The van der Waals surface area contributed by atoms with Gasteiger partial charge < -0.3 is 24.5 Å². The third kappa shape index (κ3) is 10.7. The molecule has 1 rings (SSSR count). The zero-order valence-corrected chi connectivity index (χ0v) is 24.5. The zero-order chi connectivity index (χ0) is 25.9. The standard InChI is InChI=1S/C26H38N2O6.W/c1-8-26(18-29,28(6)7)15-14-22(30)20(16-21(27-5)24(32)34-25(2,3)4)23(31)33-17-19-12-10-9-11-13-19;/h9-13,20-21,27H,6,8,14-17H2,1-5,7H3;/q-2;+2. The maximum Gasteiger partial charge on any atom is 2.00 e. The molecule has 0 aliphatic heterocycles. The first-order chi connectivity index (χ1) is 15.9. The largest absolute Gasteiger partial charge is 2.00 e. The molecule has 0 aromatic heterocycles. The molecule has 35 heavy (non-hydrogen) atoms. The van der Waals surface area contributed by atoms with Gasteiger partial charge in [0.05, 0.1) is 0 Å². The van der Waals surface area contributed by atoms with Crippen molar-refractivity contribution in [1.82, 2.24) is 10.2 Å². The predicted octanol–water partition coefficient (Wildman–Crippen LogP) is 2.99. The number of hydrogen-bond donors (Lipinski definition) is 1. The van der Waals surface area contributed by atoms with Crippen LogP contribution in [0.3, 0.4) is 0 Å². The Morgan fingerprint density at radius 1 is 1.14 bits per heavy atom. The van der Waals surface area contributed by atoms with Crippen LogP contribution in [0.5, 0.6) is 0 Å². The number of nitrogens with zero attached hydrogens (tertiary/aromatic N) is 1. The van der Waals surface area contributed by atoms with Crippen molar-refractivity contribution >= 4 is 24.0 Å². The van der Waals surface area contributed by atoms with E-state index in [4.69, 9.17) is 9.47 Å². The Labute approximate surface area is 223 Å². The van der Waals surface area contributed by atoms with Gasteiger partial charge in [0.1, 0.15) is 30.0 Å². The van der Waals surface area contributed by atoms with Crippen LogP contribution in [0, 0.1) is 13.0 Å². The molecule has 0 aliphatic rings. The van der Waals surface area contributed by atoms with Crippen LogP contribution in [0.4, 0.5) is 0 Å². The Hall–Kier alpha value is -1.89. The van der Waals surface area contributed by atoms with Crippen LogP contribution in [0.2, 0.25) is 0 Å². The van der Waals surface area contributed by atoms with Crippen molar-refractivity contribution in [2.45, 2.75) is 77.2 Å². The van der Waals surface area contributed by atoms with Crippen LogP contribution in [0.25, 0.3) is 0 Å². The van der Waals surface area contributed by atoms with Crippen LogP contribution >= 0.6 is 0 Å². The number of likely N-dealkylation sites (N-methyl/N-ethyl adjacent to an activating group) is 2. The fourth-order valence-corrected chi connectivity index (χ4v) is 3.47. The minimum atomic E-state index is -1.20. The Kier molecular flexibility index (Phi) is 14.4. The fraction of sp³-hybridized carbons (Fsp3) is 0.577. The van der Waals surface area contributed by atoms with E-state index in [0.29, 0.717) is 6.42 Å². The van der Waals surface area contributed by atoms with Crippen molar-refractivity contribution in [3.63, 3.8) is 0 Å². The Bertz CT molecular complexity index is 825. The molecule has 0 heterocycles. The van der Waals surface area contributed by atoms with Gasteiger partial charge in [-0.3, -0.25) is 21.4 Å². The van der Waals surface area contributed by atoms with Gasteiger partial charge in [-0.1, -0.05) is 50.1 Å². The second kappa shape index (κ2) is 15.3. The number of Topliss-reactive ketones (excluding diaryl/α,β-unsaturated/α-hetero) is 1. The smallest absolute Gasteiger partial charge is 0.540 e. The van der Waals surface area contributed by atoms with Gasteiger partial charge in [0, 0.05) is 6.42 Å². The first-order valence-electron chi connectivity index (χ1n) is 11.5. The minimum Gasteiger partial charge on any atom is -0.540 e. The molecule has 8 nitrogen and oxygen atoms in total. The number of hydrogen-bond acceptors (Lipinski definition) is 8. The molecule has 0 amide bonds. The molecule has 1 N–H and O–H groups in total. The molecule has 0 radical (unpaired) electrons. The van der Waals surface area contributed by atoms with Crippen molar-refractivity contribution in [2.24, 2.45) is 5.92 Å². The van der Waals surface area contributed by atoms with Gasteiger partial charge in [0.2, 0.25) is 0 Å². The topological polar surface area (TPSA) is 102 Å². The summed E-state index contributed by atoms with van der Waals surface area (Å²) in [5, 5.41) is 2.84. The summed E-state index contributed by atoms with van der Waals surface area (Å²) in [5.74, 6) is -2.91. The zero-order valence-electron chi connectivity index (χ0n) is 21.6. The van der Waals surface area contributed by atoms with Crippen LogP contribution in [-0.4, -0.2) is 60.2 Å². The molecule has 0 fully saturated rings. The minimum absolute atomic E-state index is 0. The number of carbonyl (C=O) groups excluding carboxylic acids is 4. The van der Waals surface area contributed by atoms with E-state index in [0.717, 1.165) is 5.56 Å². The molecule has 194 valence electrons. The van der Waals surface area contributed by atoms with Gasteiger partial charge in [-0.2, -0.15) is 0 Å². The number of ether oxygens (including phenoxy) is 2. The number of benzene rings is 1. The van der Waals surface area contributed by atoms with E-state index < -0.39 is 40.8 Å². The Balaban J connectivity index is 0.0000116. The van der Waals surface area contributed by atoms with Crippen molar-refractivity contribution in [1.29, 1.82) is 0 Å². The number of carbonyl (C=O) groups is 3. The number of nitrogens with one attached hydrogen (secondary N) is 1. The molecule has 1 aromatic carbocycles. The molecular formula is C26H38N2O6W. The summed E-state index contributed by atoms with van der Waals surface area (Å²) >= 11 is 0. The molecule has 0 aliphatic carbocycles. The van der Waals surface area contributed by atoms with Gasteiger partial charge in [0.15, 0.2) is 0 Å². The Morgan fingerprint density at radius 3 is 2.20 bits per heavy atom. The van der Waals surface area contributed by atoms with Crippen LogP contribution in [-0.2, 0) is 56.3 Å². The summed E-state index contributed by atoms with van der Waals surface area (Å²) in [5.41, 5.74) is -0.987. The van der Waals surface area contributed by atoms with Gasteiger partial charge in [0.25, 0.3) is 0 Å². The van der Waals surface area contributed by atoms with Gasteiger partial charge in [-0.05, 0) is 46.9 Å². The van der Waals surface area contributed by atoms with E-state index in [1.807, 2.05) is 31.4 Å². The van der Waals surface area contributed by atoms with Crippen molar-refractivity contribution < 1.29 is 49.7 Å². The summed E-state index contributed by atoms with van der Waals surface area (Å²) in [4.78, 5) is 52.0.